The Kier molecular flexibility index (Phi) is 5.37. The third-order valence-corrected chi connectivity index (χ3v) is 6.50. The number of sulfone groups is 1. The maximum absolute atomic E-state index is 13.5. The smallest absolute Gasteiger partial charge is 0.306 e. The molecule has 0 radical (unpaired) electrons. The van der Waals surface area contributed by atoms with Crippen molar-refractivity contribution >= 4 is 23.8 Å². The standard InChI is InChI=1S/C9HF11O4S2/c10-2-1(3(11)5(13)6(14)4(2)12)7(25(21,22)8(15,16)17)26(23,24)9(18,19)20/h(H,21,22). The Hall–Kier alpha value is -1.62. The van der Waals surface area contributed by atoms with Crippen LogP contribution in [0.3, 0.4) is 0 Å². The summed E-state index contributed by atoms with van der Waals surface area (Å²) in [7, 11) is -15.2. The Morgan fingerprint density at radius 3 is 1.23 bits per heavy atom. The van der Waals surface area contributed by atoms with Crippen molar-refractivity contribution in [3.8, 4) is 0 Å². The van der Waals surface area contributed by atoms with Crippen molar-refractivity contribution in [2.45, 2.75) is 11.0 Å². The van der Waals surface area contributed by atoms with E-state index in [0.29, 0.717) is 0 Å². The van der Waals surface area contributed by atoms with Gasteiger partial charge in [0.05, 0.1) is 5.56 Å². The fourth-order valence-electron chi connectivity index (χ4n) is 1.42. The fourth-order valence-corrected chi connectivity index (χ4v) is 4.50. The van der Waals surface area contributed by atoms with Crippen LogP contribution < -0.4 is 0 Å². The fraction of sp³-hybridized carbons (Fsp3) is 0.222. The Morgan fingerprint density at radius 2 is 0.962 bits per heavy atom. The Morgan fingerprint density at radius 1 is 0.654 bits per heavy atom. The molecule has 0 aromatic heterocycles. The van der Waals surface area contributed by atoms with E-state index in [1.165, 1.54) is 0 Å². The van der Waals surface area contributed by atoms with Crippen LogP contribution in [0, 0.1) is 29.1 Å². The maximum atomic E-state index is 13.5. The zero-order chi connectivity index (χ0) is 21.0. The van der Waals surface area contributed by atoms with Gasteiger partial charge in [0.1, 0.15) is 0 Å². The summed E-state index contributed by atoms with van der Waals surface area (Å²) < 4.78 is 180. The number of benzene rings is 1. The van der Waals surface area contributed by atoms with E-state index in [4.69, 9.17) is 4.55 Å². The minimum atomic E-state index is -7.69. The van der Waals surface area contributed by atoms with Crippen molar-refractivity contribution in [3.05, 3.63) is 34.6 Å². The molecule has 0 bridgehead atoms. The molecule has 0 amide bonds. The zero-order valence-corrected chi connectivity index (χ0v) is 12.8. The van der Waals surface area contributed by atoms with Crippen molar-refractivity contribution < 1.29 is 65.5 Å². The van der Waals surface area contributed by atoms with E-state index >= 15 is 0 Å². The van der Waals surface area contributed by atoms with E-state index in [0.717, 1.165) is 0 Å². The predicted octanol–water partition coefficient (Wildman–Crippen LogP) is 3.07. The molecule has 1 unspecified atom stereocenters. The summed E-state index contributed by atoms with van der Waals surface area (Å²) in [6.07, 6.45) is 0. The minimum absolute atomic E-state index is 3.07. The molecule has 0 spiro atoms. The van der Waals surface area contributed by atoms with Gasteiger partial charge in [0, 0.05) is 0 Å². The number of rotatable bonds is 1. The molecular weight excluding hydrogens is 445 g/mol. The van der Waals surface area contributed by atoms with Crippen molar-refractivity contribution in [2.75, 3.05) is 0 Å². The van der Waals surface area contributed by atoms with Crippen molar-refractivity contribution in [1.29, 1.82) is 0 Å². The van der Waals surface area contributed by atoms with Crippen LogP contribution in [0.2, 0.25) is 0 Å². The Labute approximate surface area is 136 Å². The normalized spacial score (nSPS) is 15.7. The SMILES string of the molecule is O=S(=O)(C(c1c(F)c(F)c(F)c(F)c1F)=S(=O)(O)C(F)(F)F)C(F)(F)F. The molecular formula is C9HF11O4S2. The van der Waals surface area contributed by atoms with E-state index in [1.807, 2.05) is 0 Å². The lowest BCUT2D eigenvalue weighted by atomic mass is 10.2. The molecule has 0 heterocycles. The summed E-state index contributed by atoms with van der Waals surface area (Å²) in [5.74, 6) is -16.3. The molecule has 0 aliphatic rings. The second-order valence-corrected chi connectivity index (χ2v) is 8.21. The topological polar surface area (TPSA) is 71.4 Å². The summed E-state index contributed by atoms with van der Waals surface area (Å²) in [6, 6.07) is 0. The quantitative estimate of drug-likeness (QED) is 0.312. The molecule has 0 aliphatic carbocycles. The molecule has 150 valence electrons. The van der Waals surface area contributed by atoms with Crippen LogP contribution in [0.25, 0.3) is 0 Å². The number of halogens is 11. The van der Waals surface area contributed by atoms with Gasteiger partial charge in [-0.05, 0) is 0 Å². The number of alkyl halides is 6. The summed E-state index contributed by atoms with van der Waals surface area (Å²) in [5.41, 5.74) is -17.0. The van der Waals surface area contributed by atoms with E-state index in [1.54, 1.807) is 0 Å². The minimum Gasteiger partial charge on any atom is -0.306 e. The first-order valence-corrected chi connectivity index (χ1v) is 8.33. The van der Waals surface area contributed by atoms with Crippen LogP contribution in [0.1, 0.15) is 5.56 Å². The van der Waals surface area contributed by atoms with Crippen molar-refractivity contribution in [2.24, 2.45) is 0 Å². The second kappa shape index (κ2) is 6.22. The summed E-state index contributed by atoms with van der Waals surface area (Å²) in [6.45, 7) is 0. The third kappa shape index (κ3) is 3.22. The molecule has 1 N–H and O–H groups in total. The van der Waals surface area contributed by atoms with E-state index in [9.17, 15) is 60.9 Å². The second-order valence-electron chi connectivity index (χ2n) is 4.15. The van der Waals surface area contributed by atoms with Crippen molar-refractivity contribution in [3.63, 3.8) is 0 Å². The first-order chi connectivity index (χ1) is 11.3. The van der Waals surface area contributed by atoms with Crippen LogP contribution in [-0.2, 0) is 19.6 Å². The zero-order valence-electron chi connectivity index (χ0n) is 11.1. The number of hydrogen-bond acceptors (Lipinski definition) is 3. The van der Waals surface area contributed by atoms with Crippen LogP contribution in [0.5, 0.6) is 0 Å². The van der Waals surface area contributed by atoms with Crippen LogP contribution in [0.15, 0.2) is 0 Å². The molecule has 26 heavy (non-hydrogen) atoms. The molecule has 0 fully saturated rings. The van der Waals surface area contributed by atoms with Gasteiger partial charge < -0.3 is 4.55 Å². The first kappa shape index (κ1) is 22.4. The van der Waals surface area contributed by atoms with Gasteiger partial charge in [-0.3, -0.25) is 0 Å². The van der Waals surface area contributed by atoms with Gasteiger partial charge >= 0.3 is 11.0 Å². The molecule has 0 saturated carbocycles. The highest BCUT2D eigenvalue weighted by molar-refractivity contribution is 8.23. The summed E-state index contributed by atoms with van der Waals surface area (Å²) in [4.78, 5) is 0. The van der Waals surface area contributed by atoms with Gasteiger partial charge in [-0.15, -0.1) is 0 Å². The first-order valence-electron chi connectivity index (χ1n) is 5.33. The highest BCUT2D eigenvalue weighted by atomic mass is 32.3. The van der Waals surface area contributed by atoms with E-state index < -0.39 is 69.5 Å². The lowest BCUT2D eigenvalue weighted by Crippen LogP contribution is -2.41. The molecule has 1 atom stereocenters. The van der Waals surface area contributed by atoms with Crippen LogP contribution >= 0.6 is 0 Å². The van der Waals surface area contributed by atoms with Gasteiger partial charge in [0.25, 0.3) is 9.84 Å². The number of hydrogen-bond donors (Lipinski definition) is 1. The molecule has 0 saturated heterocycles. The van der Waals surface area contributed by atoms with Gasteiger partial charge in [0.2, 0.25) is 15.6 Å². The van der Waals surface area contributed by atoms with E-state index in [-0.39, 0.29) is 0 Å². The van der Waals surface area contributed by atoms with Crippen molar-refractivity contribution in [1.82, 2.24) is 0 Å². The largest absolute Gasteiger partial charge is 0.502 e. The Balaban J connectivity index is 4.43. The lowest BCUT2D eigenvalue weighted by Gasteiger charge is -2.18. The Bertz CT molecular complexity index is 951. The monoisotopic (exact) mass is 446 g/mol. The maximum Gasteiger partial charge on any atom is 0.502 e. The molecule has 17 heteroatoms. The predicted molar refractivity (Wildman–Crippen MR) is 62.1 cm³/mol. The van der Waals surface area contributed by atoms with Gasteiger partial charge in [-0.2, -0.15) is 26.3 Å². The molecule has 1 aromatic rings. The highest BCUT2D eigenvalue weighted by Gasteiger charge is 2.58. The third-order valence-electron chi connectivity index (χ3n) is 2.53. The molecule has 4 nitrogen and oxygen atoms in total. The summed E-state index contributed by atoms with van der Waals surface area (Å²) >= 11 is 0. The van der Waals surface area contributed by atoms with Crippen LogP contribution in [0.4, 0.5) is 48.3 Å². The van der Waals surface area contributed by atoms with Gasteiger partial charge in [0.15, 0.2) is 27.5 Å². The molecule has 1 aromatic carbocycles. The molecule has 0 aliphatic heterocycles. The molecule has 1 rings (SSSR count). The lowest BCUT2D eigenvalue weighted by molar-refractivity contribution is -0.0458. The highest BCUT2D eigenvalue weighted by Crippen LogP contribution is 2.36. The van der Waals surface area contributed by atoms with Gasteiger partial charge in [-0.25, -0.2) is 34.6 Å². The van der Waals surface area contributed by atoms with Crippen LogP contribution in [-0.4, -0.2) is 32.4 Å². The average molecular weight is 446 g/mol. The summed E-state index contributed by atoms with van der Waals surface area (Å²) in [5, 5.41) is 0. The average Bonchev–Trinajstić information content (AvgIpc) is 2.44. The van der Waals surface area contributed by atoms with E-state index in [2.05, 4.69) is 0 Å². The van der Waals surface area contributed by atoms with Gasteiger partial charge in [-0.1, -0.05) is 0 Å².